The summed E-state index contributed by atoms with van der Waals surface area (Å²) in [5.41, 5.74) is 3.36. The van der Waals surface area contributed by atoms with Gasteiger partial charge >= 0.3 is 0 Å². The normalized spacial score (nSPS) is 17.0. The Morgan fingerprint density at radius 3 is 3.00 bits per heavy atom. The van der Waals surface area contributed by atoms with Crippen LogP contribution in [0.4, 0.5) is 5.82 Å². The Morgan fingerprint density at radius 1 is 1.40 bits per heavy atom. The Bertz CT molecular complexity index is 1100. The number of hydrogen-bond donors (Lipinski definition) is 1. The lowest BCUT2D eigenvalue weighted by molar-refractivity contribution is -0.125. The molecule has 1 unspecified atom stereocenters. The largest absolute Gasteiger partial charge is 0.368 e. The number of nitrogens with zero attached hydrogens (tertiary/aromatic N) is 3. The third-order valence-electron chi connectivity index (χ3n) is 5.84. The zero-order valence-electron chi connectivity index (χ0n) is 18.0. The van der Waals surface area contributed by atoms with E-state index in [0.29, 0.717) is 12.6 Å². The van der Waals surface area contributed by atoms with Crippen molar-refractivity contribution in [2.24, 2.45) is 0 Å². The first-order chi connectivity index (χ1) is 14.4. The fourth-order valence-electron chi connectivity index (χ4n) is 3.69. The highest BCUT2D eigenvalue weighted by molar-refractivity contribution is 7.19. The minimum Gasteiger partial charge on any atom is -0.368 e. The fraction of sp³-hybridized carbons (Fsp3) is 0.333. The number of amides is 1. The summed E-state index contributed by atoms with van der Waals surface area (Å²) >= 11 is 1.76. The quantitative estimate of drug-likeness (QED) is 0.631. The monoisotopic (exact) mass is 420 g/mol. The maximum Gasteiger partial charge on any atom is 0.246 e. The summed E-state index contributed by atoms with van der Waals surface area (Å²) < 4.78 is 1.27. The molecule has 2 aromatic heterocycles. The number of pyridine rings is 1. The third kappa shape index (κ3) is 4.25. The van der Waals surface area contributed by atoms with Gasteiger partial charge in [0, 0.05) is 53.6 Å². The Balaban J connectivity index is 1.45. The maximum atomic E-state index is 12.7. The number of fused-ring (bicyclic) bond motifs is 2. The van der Waals surface area contributed by atoms with Gasteiger partial charge in [0.1, 0.15) is 5.82 Å². The van der Waals surface area contributed by atoms with Crippen molar-refractivity contribution in [3.63, 3.8) is 0 Å². The topological polar surface area (TPSA) is 48.5 Å². The van der Waals surface area contributed by atoms with Crippen LogP contribution >= 0.6 is 11.3 Å². The SMILES string of the molecule is Cc1c(CN(C)C(=O)C=Cc2cnc3c(c2)CN(C)C(C)CN3)sc2ccccc12. The molecule has 0 fully saturated rings. The van der Waals surface area contributed by atoms with E-state index in [1.807, 2.05) is 19.3 Å². The van der Waals surface area contributed by atoms with Crippen molar-refractivity contribution in [2.45, 2.75) is 33.0 Å². The lowest BCUT2D eigenvalue weighted by Gasteiger charge is -2.20. The van der Waals surface area contributed by atoms with E-state index in [2.05, 4.69) is 66.4 Å². The lowest BCUT2D eigenvalue weighted by atomic mass is 10.1. The summed E-state index contributed by atoms with van der Waals surface area (Å²) in [4.78, 5) is 22.6. The summed E-state index contributed by atoms with van der Waals surface area (Å²) in [6.45, 7) is 6.68. The molecule has 0 saturated heterocycles. The van der Waals surface area contributed by atoms with Crippen molar-refractivity contribution in [1.82, 2.24) is 14.8 Å². The number of thiophene rings is 1. The van der Waals surface area contributed by atoms with Crippen LogP contribution in [0.3, 0.4) is 0 Å². The van der Waals surface area contributed by atoms with E-state index in [0.717, 1.165) is 30.0 Å². The average Bonchev–Trinajstić information content (AvgIpc) is 2.98. The second-order valence-electron chi connectivity index (χ2n) is 8.10. The van der Waals surface area contributed by atoms with Gasteiger partial charge in [0.05, 0.1) is 6.54 Å². The van der Waals surface area contributed by atoms with Crippen LogP contribution in [0.25, 0.3) is 16.2 Å². The van der Waals surface area contributed by atoms with Crippen molar-refractivity contribution >= 4 is 39.2 Å². The molecule has 1 aliphatic rings. The molecule has 1 amide bonds. The van der Waals surface area contributed by atoms with Gasteiger partial charge in [-0.2, -0.15) is 0 Å². The van der Waals surface area contributed by atoms with E-state index in [9.17, 15) is 4.79 Å². The molecule has 5 nitrogen and oxygen atoms in total. The minimum absolute atomic E-state index is 0.00864. The van der Waals surface area contributed by atoms with Crippen molar-refractivity contribution in [1.29, 1.82) is 0 Å². The molecule has 1 aromatic carbocycles. The predicted molar refractivity (Wildman–Crippen MR) is 126 cm³/mol. The third-order valence-corrected chi connectivity index (χ3v) is 7.10. The highest BCUT2D eigenvalue weighted by Crippen LogP contribution is 2.31. The molecule has 3 aromatic rings. The fourth-order valence-corrected chi connectivity index (χ4v) is 4.95. The summed E-state index contributed by atoms with van der Waals surface area (Å²) in [7, 11) is 3.98. The second-order valence-corrected chi connectivity index (χ2v) is 9.23. The lowest BCUT2D eigenvalue weighted by Crippen LogP contribution is -2.31. The molecule has 0 spiro atoms. The number of carbonyl (C=O) groups is 1. The zero-order valence-corrected chi connectivity index (χ0v) is 18.8. The standard InChI is InChI=1S/C24H28N4OS/c1-16-12-25-24-19(14-27(16)3)11-18(13-26-24)9-10-23(29)28(4)15-22-17(2)20-7-5-6-8-21(20)30-22/h5-11,13,16H,12,14-15H2,1-4H3,(H,25,26). The van der Waals surface area contributed by atoms with Gasteiger partial charge in [-0.15, -0.1) is 11.3 Å². The molecule has 156 valence electrons. The van der Waals surface area contributed by atoms with Gasteiger partial charge in [-0.05, 0) is 55.6 Å². The maximum absolute atomic E-state index is 12.7. The van der Waals surface area contributed by atoms with E-state index in [4.69, 9.17) is 0 Å². The van der Waals surface area contributed by atoms with Gasteiger partial charge in [-0.25, -0.2) is 4.98 Å². The Hall–Kier alpha value is -2.70. The number of benzene rings is 1. The van der Waals surface area contributed by atoms with Gasteiger partial charge in [0.2, 0.25) is 5.91 Å². The van der Waals surface area contributed by atoms with E-state index in [1.54, 1.807) is 22.3 Å². The van der Waals surface area contributed by atoms with E-state index in [-0.39, 0.29) is 5.91 Å². The Morgan fingerprint density at radius 2 is 2.20 bits per heavy atom. The van der Waals surface area contributed by atoms with E-state index in [1.165, 1.54) is 20.5 Å². The summed E-state index contributed by atoms with van der Waals surface area (Å²) in [5, 5.41) is 4.68. The summed E-state index contributed by atoms with van der Waals surface area (Å²) in [5.74, 6) is 0.928. The Kier molecular flexibility index (Phi) is 5.88. The number of nitrogens with one attached hydrogen (secondary N) is 1. The van der Waals surface area contributed by atoms with Crippen LogP contribution < -0.4 is 5.32 Å². The number of rotatable bonds is 4. The first-order valence-corrected chi connectivity index (χ1v) is 11.1. The van der Waals surface area contributed by atoms with Crippen molar-refractivity contribution in [3.05, 3.63) is 64.2 Å². The van der Waals surface area contributed by atoms with Crippen LogP contribution in [0.5, 0.6) is 0 Å². The van der Waals surface area contributed by atoms with Gasteiger partial charge in [0.25, 0.3) is 0 Å². The molecule has 0 bridgehead atoms. The Labute approximate surface area is 182 Å². The number of likely N-dealkylation sites (N-methyl/N-ethyl adjacent to an activating group) is 2. The molecular formula is C24H28N4OS. The molecule has 6 heteroatoms. The van der Waals surface area contributed by atoms with E-state index >= 15 is 0 Å². The van der Waals surface area contributed by atoms with Crippen LogP contribution in [-0.2, 0) is 17.9 Å². The zero-order chi connectivity index (χ0) is 21.3. The minimum atomic E-state index is -0.00864. The first kappa shape index (κ1) is 20.6. The second kappa shape index (κ2) is 8.58. The molecule has 0 aliphatic carbocycles. The predicted octanol–water partition coefficient (Wildman–Crippen LogP) is 4.52. The van der Waals surface area contributed by atoms with Gasteiger partial charge in [-0.1, -0.05) is 18.2 Å². The molecule has 3 heterocycles. The van der Waals surface area contributed by atoms with Gasteiger partial charge < -0.3 is 10.2 Å². The molecule has 4 rings (SSSR count). The highest BCUT2D eigenvalue weighted by Gasteiger charge is 2.18. The van der Waals surface area contributed by atoms with Crippen molar-refractivity contribution in [3.8, 4) is 0 Å². The number of aryl methyl sites for hydroxylation is 1. The molecule has 30 heavy (non-hydrogen) atoms. The van der Waals surface area contributed by atoms with Crippen LogP contribution in [0.2, 0.25) is 0 Å². The summed E-state index contributed by atoms with van der Waals surface area (Å²) in [6, 6.07) is 11.0. The number of aromatic nitrogens is 1. The van der Waals surface area contributed by atoms with Crippen molar-refractivity contribution < 1.29 is 4.79 Å². The molecule has 1 N–H and O–H groups in total. The smallest absolute Gasteiger partial charge is 0.246 e. The molecule has 1 atom stereocenters. The molecule has 0 saturated carbocycles. The highest BCUT2D eigenvalue weighted by atomic mass is 32.1. The van der Waals surface area contributed by atoms with Crippen LogP contribution in [0, 0.1) is 6.92 Å². The van der Waals surface area contributed by atoms with Gasteiger partial charge in [0.15, 0.2) is 0 Å². The molecule has 0 radical (unpaired) electrons. The molecule has 1 aliphatic heterocycles. The van der Waals surface area contributed by atoms with Crippen LogP contribution in [0.1, 0.15) is 28.5 Å². The molecular weight excluding hydrogens is 392 g/mol. The first-order valence-electron chi connectivity index (χ1n) is 10.3. The average molecular weight is 421 g/mol. The van der Waals surface area contributed by atoms with Crippen LogP contribution in [0.15, 0.2) is 42.6 Å². The number of anilines is 1. The van der Waals surface area contributed by atoms with E-state index < -0.39 is 0 Å². The summed E-state index contributed by atoms with van der Waals surface area (Å²) in [6.07, 6.45) is 5.32. The van der Waals surface area contributed by atoms with Crippen LogP contribution in [-0.4, -0.2) is 47.4 Å². The van der Waals surface area contributed by atoms with Crippen molar-refractivity contribution in [2.75, 3.05) is 26.0 Å². The number of carbonyl (C=O) groups excluding carboxylic acids is 1. The van der Waals surface area contributed by atoms with Gasteiger partial charge in [-0.3, -0.25) is 9.69 Å². The number of hydrogen-bond acceptors (Lipinski definition) is 5.